The van der Waals surface area contributed by atoms with Crippen molar-refractivity contribution in [3.63, 3.8) is 0 Å². The van der Waals surface area contributed by atoms with Crippen LogP contribution in [0.15, 0.2) is 23.4 Å². The summed E-state index contributed by atoms with van der Waals surface area (Å²) in [5, 5.41) is 13.4. The van der Waals surface area contributed by atoms with Gasteiger partial charge in [0.2, 0.25) is 11.1 Å². The number of aryl methyl sites for hydroxylation is 2. The van der Waals surface area contributed by atoms with Crippen LogP contribution in [0.25, 0.3) is 5.69 Å². The van der Waals surface area contributed by atoms with Crippen LogP contribution in [0.1, 0.15) is 18.1 Å². The predicted octanol–water partition coefficient (Wildman–Crippen LogP) is 0.955. The lowest BCUT2D eigenvalue weighted by Gasteiger charge is -2.10. The van der Waals surface area contributed by atoms with Crippen LogP contribution < -0.4 is 11.1 Å². The molecule has 1 atom stereocenters. The van der Waals surface area contributed by atoms with Gasteiger partial charge in [0.15, 0.2) is 0 Å². The van der Waals surface area contributed by atoms with E-state index in [0.717, 1.165) is 23.0 Å². The molecule has 0 fully saturated rings. The smallest absolute Gasteiger partial charge is 0.318 e. The highest BCUT2D eigenvalue weighted by atomic mass is 32.2. The number of rotatable bonds is 4. The first kappa shape index (κ1) is 16.0. The molecule has 1 aromatic carbocycles. The molecule has 1 heterocycles. The highest BCUT2D eigenvalue weighted by Crippen LogP contribution is 2.23. The lowest BCUT2D eigenvalue weighted by molar-refractivity contribution is -0.119. The molecule has 2 aromatic rings. The third-order valence-corrected chi connectivity index (χ3v) is 4.11. The fourth-order valence-corrected chi connectivity index (χ4v) is 2.51. The zero-order valence-electron chi connectivity index (χ0n) is 12.4. The molecule has 3 amide bonds. The second kappa shape index (κ2) is 6.56. The van der Waals surface area contributed by atoms with Crippen molar-refractivity contribution >= 4 is 23.7 Å². The summed E-state index contributed by atoms with van der Waals surface area (Å²) in [6, 6.07) is 4.95. The van der Waals surface area contributed by atoms with E-state index in [-0.39, 0.29) is 0 Å². The molecule has 0 aliphatic heterocycles. The Hall–Kier alpha value is -2.42. The van der Waals surface area contributed by atoms with Crippen molar-refractivity contribution in [3.05, 3.63) is 29.3 Å². The summed E-state index contributed by atoms with van der Waals surface area (Å²) in [6.07, 6.45) is 0. The molecular weight excluding hydrogens is 304 g/mol. The lowest BCUT2D eigenvalue weighted by atomic mass is 10.1. The normalized spacial score (nSPS) is 12.0. The number of amides is 3. The number of urea groups is 1. The molecule has 9 heteroatoms. The number of benzene rings is 1. The molecule has 0 aliphatic carbocycles. The van der Waals surface area contributed by atoms with Gasteiger partial charge in [-0.2, -0.15) is 4.68 Å². The van der Waals surface area contributed by atoms with E-state index in [0.29, 0.717) is 5.16 Å². The maximum Gasteiger partial charge on any atom is 0.318 e. The van der Waals surface area contributed by atoms with Gasteiger partial charge < -0.3 is 5.73 Å². The minimum Gasteiger partial charge on any atom is -0.351 e. The first-order valence-corrected chi connectivity index (χ1v) is 7.39. The van der Waals surface area contributed by atoms with Crippen molar-refractivity contribution in [1.29, 1.82) is 0 Å². The number of hydrogen-bond acceptors (Lipinski definition) is 6. The van der Waals surface area contributed by atoms with E-state index < -0.39 is 17.2 Å². The number of nitrogens with two attached hydrogens (primary N) is 1. The van der Waals surface area contributed by atoms with E-state index in [1.165, 1.54) is 5.56 Å². The molecule has 22 heavy (non-hydrogen) atoms. The number of hydrogen-bond donors (Lipinski definition) is 2. The number of imide groups is 1. The van der Waals surface area contributed by atoms with Gasteiger partial charge in [-0.25, -0.2) is 4.79 Å². The summed E-state index contributed by atoms with van der Waals surface area (Å²) in [5.41, 5.74) is 8.02. The second-order valence-corrected chi connectivity index (χ2v) is 6.06. The number of thioether (sulfide) groups is 1. The van der Waals surface area contributed by atoms with Crippen LogP contribution in [-0.2, 0) is 4.79 Å². The average Bonchev–Trinajstić information content (AvgIpc) is 2.89. The highest BCUT2D eigenvalue weighted by molar-refractivity contribution is 8.00. The van der Waals surface area contributed by atoms with Crippen LogP contribution in [0.3, 0.4) is 0 Å². The summed E-state index contributed by atoms with van der Waals surface area (Å²) < 4.78 is 1.55. The number of primary amides is 1. The summed E-state index contributed by atoms with van der Waals surface area (Å²) in [6.45, 7) is 5.66. The van der Waals surface area contributed by atoms with Crippen LogP contribution >= 0.6 is 11.8 Å². The van der Waals surface area contributed by atoms with E-state index >= 15 is 0 Å². The zero-order chi connectivity index (χ0) is 16.3. The van der Waals surface area contributed by atoms with Crippen LogP contribution in [0, 0.1) is 13.8 Å². The molecule has 0 aliphatic rings. The number of tetrazole rings is 1. The number of nitrogens with zero attached hydrogens (tertiary/aromatic N) is 4. The first-order valence-electron chi connectivity index (χ1n) is 6.51. The second-order valence-electron chi connectivity index (χ2n) is 4.76. The van der Waals surface area contributed by atoms with Crippen molar-refractivity contribution in [2.45, 2.75) is 31.2 Å². The molecule has 0 spiro atoms. The van der Waals surface area contributed by atoms with Crippen molar-refractivity contribution in [2.75, 3.05) is 0 Å². The highest BCUT2D eigenvalue weighted by Gasteiger charge is 2.20. The molecule has 0 saturated heterocycles. The minimum absolute atomic E-state index is 0.454. The van der Waals surface area contributed by atoms with Gasteiger partial charge in [-0.15, -0.1) is 5.10 Å². The Morgan fingerprint density at radius 2 is 2.05 bits per heavy atom. The third-order valence-electron chi connectivity index (χ3n) is 3.07. The summed E-state index contributed by atoms with van der Waals surface area (Å²) in [7, 11) is 0. The maximum absolute atomic E-state index is 11.7. The van der Waals surface area contributed by atoms with Crippen LogP contribution in [-0.4, -0.2) is 37.4 Å². The van der Waals surface area contributed by atoms with E-state index in [2.05, 4.69) is 15.5 Å². The first-order chi connectivity index (χ1) is 10.4. The largest absolute Gasteiger partial charge is 0.351 e. The van der Waals surface area contributed by atoms with Gasteiger partial charge in [0.05, 0.1) is 10.9 Å². The third kappa shape index (κ3) is 3.61. The molecule has 116 valence electrons. The molecule has 0 bridgehead atoms. The van der Waals surface area contributed by atoms with Crippen molar-refractivity contribution in [3.8, 4) is 5.69 Å². The molecule has 3 N–H and O–H groups in total. The summed E-state index contributed by atoms with van der Waals surface area (Å²) in [4.78, 5) is 22.4. The van der Waals surface area contributed by atoms with Crippen LogP contribution in [0.5, 0.6) is 0 Å². The van der Waals surface area contributed by atoms with Gasteiger partial charge in [0.25, 0.3) is 0 Å². The monoisotopic (exact) mass is 320 g/mol. The summed E-state index contributed by atoms with van der Waals surface area (Å²) >= 11 is 1.14. The van der Waals surface area contributed by atoms with Gasteiger partial charge in [0, 0.05) is 0 Å². The molecule has 0 saturated carbocycles. The fraction of sp³-hybridized carbons (Fsp3) is 0.308. The number of carbonyl (C=O) groups excluding carboxylic acids is 2. The molecular formula is C13H16N6O2S. The Balaban J connectivity index is 2.20. The van der Waals surface area contributed by atoms with E-state index in [1.54, 1.807) is 11.6 Å². The average molecular weight is 320 g/mol. The Bertz CT molecular complexity index is 714. The van der Waals surface area contributed by atoms with Gasteiger partial charge in [-0.1, -0.05) is 17.8 Å². The Labute approximate surface area is 131 Å². The van der Waals surface area contributed by atoms with Crippen LogP contribution in [0.4, 0.5) is 4.79 Å². The molecule has 2 rings (SSSR count). The van der Waals surface area contributed by atoms with Gasteiger partial charge >= 0.3 is 6.03 Å². The topological polar surface area (TPSA) is 116 Å². The molecule has 0 unspecified atom stereocenters. The van der Waals surface area contributed by atoms with Gasteiger partial charge in [0.1, 0.15) is 0 Å². The number of nitrogens with one attached hydrogen (secondary N) is 1. The van der Waals surface area contributed by atoms with Gasteiger partial charge in [-0.3, -0.25) is 10.1 Å². The standard InChI is InChI=1S/C13H16N6O2S/c1-7-4-5-10(6-8(7)2)19-13(16-17-18-19)22-9(3)11(20)15-12(14)21/h4-6,9H,1-3H3,(H3,14,15,20,21)/t9-/m1/s1. The maximum atomic E-state index is 11.7. The van der Waals surface area contributed by atoms with Crippen molar-refractivity contribution < 1.29 is 9.59 Å². The molecule has 0 radical (unpaired) electrons. The Morgan fingerprint density at radius 3 is 2.68 bits per heavy atom. The quantitative estimate of drug-likeness (QED) is 0.810. The lowest BCUT2D eigenvalue weighted by Crippen LogP contribution is -2.39. The van der Waals surface area contributed by atoms with Crippen molar-refractivity contribution in [2.24, 2.45) is 5.73 Å². The number of carbonyl (C=O) groups is 2. The fourth-order valence-electron chi connectivity index (χ4n) is 1.71. The number of aromatic nitrogens is 4. The predicted molar refractivity (Wildman–Crippen MR) is 81.7 cm³/mol. The Kier molecular flexibility index (Phi) is 4.76. The van der Waals surface area contributed by atoms with Crippen LogP contribution in [0.2, 0.25) is 0 Å². The molecule has 8 nitrogen and oxygen atoms in total. The van der Waals surface area contributed by atoms with E-state index in [1.807, 2.05) is 37.4 Å². The van der Waals surface area contributed by atoms with E-state index in [4.69, 9.17) is 5.73 Å². The summed E-state index contributed by atoms with van der Waals surface area (Å²) in [5.74, 6) is -0.493. The van der Waals surface area contributed by atoms with Crippen molar-refractivity contribution in [1.82, 2.24) is 25.5 Å². The van der Waals surface area contributed by atoms with E-state index in [9.17, 15) is 9.59 Å². The molecule has 1 aromatic heterocycles. The SMILES string of the molecule is Cc1ccc(-n2nnnc2S[C@H](C)C(=O)NC(N)=O)cc1C. The van der Waals surface area contributed by atoms with Gasteiger partial charge in [-0.05, 0) is 54.5 Å². The minimum atomic E-state index is -0.883. The Morgan fingerprint density at radius 1 is 1.32 bits per heavy atom. The zero-order valence-corrected chi connectivity index (χ0v) is 13.2.